The van der Waals surface area contributed by atoms with E-state index in [4.69, 9.17) is 4.74 Å². The standard InChI is InChI=1S/C16H20N4O2/c1-11-10-17-16(18-12-5-7-13(21)8-6-12)19-15(11)20(2)14-4-3-9-22-14/h5-8,10,14,21H,3-4,9H2,1-2H3,(H,17,18,19). The zero-order valence-corrected chi connectivity index (χ0v) is 12.8. The molecular weight excluding hydrogens is 280 g/mol. The largest absolute Gasteiger partial charge is 0.508 e. The number of nitrogens with zero attached hydrogens (tertiary/aromatic N) is 3. The first kappa shape index (κ1) is 14.6. The molecular formula is C16H20N4O2. The molecule has 0 radical (unpaired) electrons. The number of phenols is 1. The number of hydrogen-bond acceptors (Lipinski definition) is 6. The van der Waals surface area contributed by atoms with Crippen molar-refractivity contribution in [1.29, 1.82) is 0 Å². The molecule has 0 bridgehead atoms. The third-order valence-corrected chi connectivity index (χ3v) is 3.74. The van der Waals surface area contributed by atoms with E-state index in [0.29, 0.717) is 5.95 Å². The Labute approximate surface area is 129 Å². The Morgan fingerprint density at radius 2 is 2.09 bits per heavy atom. The van der Waals surface area contributed by atoms with Crippen molar-refractivity contribution in [3.63, 3.8) is 0 Å². The van der Waals surface area contributed by atoms with Crippen LogP contribution in [0, 0.1) is 6.92 Å². The van der Waals surface area contributed by atoms with Gasteiger partial charge in [-0.1, -0.05) is 0 Å². The Balaban J connectivity index is 1.81. The summed E-state index contributed by atoms with van der Waals surface area (Å²) in [4.78, 5) is 11.0. The SMILES string of the molecule is Cc1cnc(Nc2ccc(O)cc2)nc1N(C)C1CCCO1. The Hall–Kier alpha value is -2.34. The highest BCUT2D eigenvalue weighted by Gasteiger charge is 2.23. The van der Waals surface area contributed by atoms with E-state index in [-0.39, 0.29) is 12.0 Å². The molecule has 3 rings (SSSR count). The average Bonchev–Trinajstić information content (AvgIpc) is 3.05. The monoisotopic (exact) mass is 300 g/mol. The average molecular weight is 300 g/mol. The van der Waals surface area contributed by atoms with Crippen LogP contribution < -0.4 is 10.2 Å². The molecule has 1 saturated heterocycles. The molecule has 1 aromatic heterocycles. The first-order valence-corrected chi connectivity index (χ1v) is 7.37. The highest BCUT2D eigenvalue weighted by molar-refractivity contribution is 5.57. The maximum absolute atomic E-state index is 9.32. The lowest BCUT2D eigenvalue weighted by Gasteiger charge is -2.26. The molecule has 1 fully saturated rings. The molecule has 0 aliphatic carbocycles. The quantitative estimate of drug-likeness (QED) is 0.846. The predicted molar refractivity (Wildman–Crippen MR) is 85.5 cm³/mol. The Morgan fingerprint density at radius 1 is 1.32 bits per heavy atom. The van der Waals surface area contributed by atoms with Gasteiger partial charge in [0.1, 0.15) is 17.8 Å². The van der Waals surface area contributed by atoms with Crippen molar-refractivity contribution in [1.82, 2.24) is 9.97 Å². The number of rotatable bonds is 4. The van der Waals surface area contributed by atoms with Gasteiger partial charge in [0.15, 0.2) is 0 Å². The van der Waals surface area contributed by atoms with Crippen molar-refractivity contribution in [2.24, 2.45) is 0 Å². The number of phenolic OH excluding ortho intramolecular Hbond substituents is 1. The number of aromatic nitrogens is 2. The number of ether oxygens (including phenoxy) is 1. The van der Waals surface area contributed by atoms with Gasteiger partial charge in [-0.2, -0.15) is 4.98 Å². The zero-order valence-electron chi connectivity index (χ0n) is 12.8. The Kier molecular flexibility index (Phi) is 4.11. The van der Waals surface area contributed by atoms with Crippen LogP contribution in [0.3, 0.4) is 0 Å². The molecule has 2 heterocycles. The first-order valence-electron chi connectivity index (χ1n) is 7.37. The Bertz CT molecular complexity index is 639. The van der Waals surface area contributed by atoms with E-state index < -0.39 is 0 Å². The van der Waals surface area contributed by atoms with Gasteiger partial charge in [0.05, 0.1) is 0 Å². The fraction of sp³-hybridized carbons (Fsp3) is 0.375. The Morgan fingerprint density at radius 3 is 2.77 bits per heavy atom. The van der Waals surface area contributed by atoms with Gasteiger partial charge < -0.3 is 20.1 Å². The van der Waals surface area contributed by atoms with Crippen molar-refractivity contribution >= 4 is 17.5 Å². The highest BCUT2D eigenvalue weighted by atomic mass is 16.5. The summed E-state index contributed by atoms with van der Waals surface area (Å²) in [6, 6.07) is 6.80. The third kappa shape index (κ3) is 3.12. The van der Waals surface area contributed by atoms with Crippen molar-refractivity contribution < 1.29 is 9.84 Å². The molecule has 0 saturated carbocycles. The second kappa shape index (κ2) is 6.19. The summed E-state index contributed by atoms with van der Waals surface area (Å²) in [5.41, 5.74) is 1.83. The molecule has 2 aromatic rings. The summed E-state index contributed by atoms with van der Waals surface area (Å²) in [6.45, 7) is 2.79. The number of benzene rings is 1. The fourth-order valence-corrected chi connectivity index (χ4v) is 2.53. The van der Waals surface area contributed by atoms with Gasteiger partial charge in [0.2, 0.25) is 5.95 Å². The van der Waals surface area contributed by atoms with Gasteiger partial charge in [-0.25, -0.2) is 4.98 Å². The minimum atomic E-state index is 0.0788. The van der Waals surface area contributed by atoms with Crippen molar-refractivity contribution in [2.45, 2.75) is 26.0 Å². The van der Waals surface area contributed by atoms with Crippen molar-refractivity contribution in [3.8, 4) is 5.75 Å². The number of nitrogens with one attached hydrogen (secondary N) is 1. The number of aromatic hydroxyl groups is 1. The van der Waals surface area contributed by atoms with E-state index >= 15 is 0 Å². The highest BCUT2D eigenvalue weighted by Crippen LogP contribution is 2.25. The number of aryl methyl sites for hydroxylation is 1. The first-order chi connectivity index (χ1) is 10.6. The number of anilines is 3. The molecule has 2 N–H and O–H groups in total. The maximum Gasteiger partial charge on any atom is 0.229 e. The third-order valence-electron chi connectivity index (χ3n) is 3.74. The van der Waals surface area contributed by atoms with Crippen LogP contribution in [0.1, 0.15) is 18.4 Å². The minimum absolute atomic E-state index is 0.0788. The topological polar surface area (TPSA) is 70.5 Å². The van der Waals surface area contributed by atoms with Gasteiger partial charge in [0, 0.05) is 31.1 Å². The second-order valence-corrected chi connectivity index (χ2v) is 5.45. The van der Waals surface area contributed by atoms with E-state index in [1.54, 1.807) is 30.5 Å². The minimum Gasteiger partial charge on any atom is -0.508 e. The smallest absolute Gasteiger partial charge is 0.229 e. The fourth-order valence-electron chi connectivity index (χ4n) is 2.53. The van der Waals surface area contributed by atoms with Gasteiger partial charge in [-0.05, 0) is 44.0 Å². The molecule has 1 atom stereocenters. The molecule has 22 heavy (non-hydrogen) atoms. The summed E-state index contributed by atoms with van der Waals surface area (Å²) >= 11 is 0. The van der Waals surface area contributed by atoms with Gasteiger partial charge in [0.25, 0.3) is 0 Å². The number of hydrogen-bond donors (Lipinski definition) is 2. The summed E-state index contributed by atoms with van der Waals surface area (Å²) in [5.74, 6) is 1.62. The molecule has 1 unspecified atom stereocenters. The van der Waals surface area contributed by atoms with Crippen LogP contribution in [0.25, 0.3) is 0 Å². The second-order valence-electron chi connectivity index (χ2n) is 5.45. The molecule has 0 amide bonds. The van der Waals surface area contributed by atoms with Crippen LogP contribution in [-0.2, 0) is 4.74 Å². The molecule has 1 aliphatic rings. The molecule has 6 nitrogen and oxygen atoms in total. The van der Waals surface area contributed by atoms with Gasteiger partial charge >= 0.3 is 0 Å². The molecule has 0 spiro atoms. The lowest BCUT2D eigenvalue weighted by atomic mass is 10.3. The molecule has 116 valence electrons. The summed E-state index contributed by atoms with van der Waals surface area (Å²) in [6.07, 6.45) is 3.98. The van der Waals surface area contributed by atoms with Crippen LogP contribution in [-0.4, -0.2) is 35.0 Å². The van der Waals surface area contributed by atoms with Crippen LogP contribution in [0.4, 0.5) is 17.5 Å². The van der Waals surface area contributed by atoms with Crippen molar-refractivity contribution in [2.75, 3.05) is 23.9 Å². The van der Waals surface area contributed by atoms with Crippen LogP contribution in [0.5, 0.6) is 5.75 Å². The van der Waals surface area contributed by atoms with E-state index in [2.05, 4.69) is 20.2 Å². The van der Waals surface area contributed by atoms with E-state index in [9.17, 15) is 5.11 Å². The summed E-state index contributed by atoms with van der Waals surface area (Å²) < 4.78 is 5.71. The van der Waals surface area contributed by atoms with Crippen LogP contribution in [0.2, 0.25) is 0 Å². The predicted octanol–water partition coefficient (Wildman–Crippen LogP) is 2.81. The molecule has 1 aliphatic heterocycles. The van der Waals surface area contributed by atoms with Crippen molar-refractivity contribution in [3.05, 3.63) is 36.0 Å². The zero-order chi connectivity index (χ0) is 15.5. The summed E-state index contributed by atoms with van der Waals surface area (Å²) in [7, 11) is 2.00. The van der Waals surface area contributed by atoms with Crippen LogP contribution in [0.15, 0.2) is 30.5 Å². The van der Waals surface area contributed by atoms with Gasteiger partial charge in [-0.3, -0.25) is 0 Å². The van der Waals surface area contributed by atoms with Crippen LogP contribution >= 0.6 is 0 Å². The van der Waals surface area contributed by atoms with Gasteiger partial charge in [-0.15, -0.1) is 0 Å². The van der Waals surface area contributed by atoms with E-state index in [1.165, 1.54) is 0 Å². The molecule has 1 aromatic carbocycles. The molecule has 6 heteroatoms. The summed E-state index contributed by atoms with van der Waals surface area (Å²) in [5, 5.41) is 12.5. The van der Waals surface area contributed by atoms with E-state index in [1.807, 2.05) is 14.0 Å². The van der Waals surface area contributed by atoms with E-state index in [0.717, 1.165) is 36.5 Å². The maximum atomic E-state index is 9.32. The lowest BCUT2D eigenvalue weighted by Crippen LogP contribution is -2.32. The normalized spacial score (nSPS) is 17.5. The lowest BCUT2D eigenvalue weighted by molar-refractivity contribution is 0.111.